The van der Waals surface area contributed by atoms with Gasteiger partial charge in [0.1, 0.15) is 8.96 Å². The zero-order chi connectivity index (χ0) is 9.78. The average molecular weight is 187 g/mol. The summed E-state index contributed by atoms with van der Waals surface area (Å²) in [4.78, 5) is 0. The van der Waals surface area contributed by atoms with E-state index in [4.69, 9.17) is 0 Å². The summed E-state index contributed by atoms with van der Waals surface area (Å²) in [5.74, 6) is 0. The second-order valence-electron chi connectivity index (χ2n) is 4.99. The molecule has 0 aromatic heterocycles. The lowest BCUT2D eigenvalue weighted by Gasteiger charge is -2.34. The highest BCUT2D eigenvalue weighted by Gasteiger charge is 2.27. The van der Waals surface area contributed by atoms with Gasteiger partial charge in [-0.25, -0.2) is 0 Å². The zero-order valence-electron chi connectivity index (χ0n) is 9.65. The van der Waals surface area contributed by atoms with Gasteiger partial charge in [0, 0.05) is 0 Å². The fourth-order valence-electron chi connectivity index (χ4n) is 1.86. The average Bonchev–Trinajstić information content (AvgIpc) is 1.84. The molecule has 0 heterocycles. The zero-order valence-corrected chi connectivity index (χ0v) is 10.8. The third kappa shape index (κ3) is 4.26. The SMILES string of the molecule is CCCC[SiH](N(C)C)C(C)(C)C. The van der Waals surface area contributed by atoms with Crippen molar-refractivity contribution < 1.29 is 0 Å². The summed E-state index contributed by atoms with van der Waals surface area (Å²) in [6.07, 6.45) is 2.75. The molecule has 0 radical (unpaired) electrons. The van der Waals surface area contributed by atoms with Crippen LogP contribution in [0.25, 0.3) is 0 Å². The van der Waals surface area contributed by atoms with Crippen molar-refractivity contribution in [3.63, 3.8) is 0 Å². The van der Waals surface area contributed by atoms with Gasteiger partial charge in [0.25, 0.3) is 0 Å². The Labute approximate surface area is 79.8 Å². The van der Waals surface area contributed by atoms with Crippen LogP contribution in [0, 0.1) is 0 Å². The van der Waals surface area contributed by atoms with E-state index in [1.807, 2.05) is 0 Å². The summed E-state index contributed by atoms with van der Waals surface area (Å²) in [6.45, 7) is 9.45. The van der Waals surface area contributed by atoms with Gasteiger partial charge in [-0.15, -0.1) is 0 Å². The first-order chi connectivity index (χ1) is 5.39. The van der Waals surface area contributed by atoms with E-state index in [1.54, 1.807) is 0 Å². The minimum absolute atomic E-state index is 0.554. The summed E-state index contributed by atoms with van der Waals surface area (Å²) < 4.78 is 2.50. The molecule has 2 heteroatoms. The predicted molar refractivity (Wildman–Crippen MR) is 60.3 cm³/mol. The summed E-state index contributed by atoms with van der Waals surface area (Å²) >= 11 is 0. The summed E-state index contributed by atoms with van der Waals surface area (Å²) in [6, 6.07) is 1.47. The number of unbranched alkanes of at least 4 members (excludes halogenated alkanes) is 1. The van der Waals surface area contributed by atoms with E-state index in [9.17, 15) is 0 Å². The van der Waals surface area contributed by atoms with E-state index < -0.39 is 8.96 Å². The van der Waals surface area contributed by atoms with Crippen molar-refractivity contribution in [2.24, 2.45) is 0 Å². The standard InChI is InChI=1S/C10H25NSi/c1-7-8-9-12(11(5)6)10(2,3)4/h12H,7-9H2,1-6H3. The first-order valence-electron chi connectivity index (χ1n) is 5.06. The largest absolute Gasteiger partial charge is 0.331 e. The van der Waals surface area contributed by atoms with Crippen LogP contribution in [-0.4, -0.2) is 27.6 Å². The maximum absolute atomic E-state index is 2.50. The number of nitrogens with zero attached hydrogens (tertiary/aromatic N) is 1. The van der Waals surface area contributed by atoms with Crippen LogP contribution in [0.5, 0.6) is 0 Å². The molecule has 0 aliphatic heterocycles. The molecule has 1 unspecified atom stereocenters. The third-order valence-corrected chi connectivity index (χ3v) is 6.66. The molecule has 0 saturated heterocycles. The lowest BCUT2D eigenvalue weighted by Crippen LogP contribution is -2.40. The van der Waals surface area contributed by atoms with Crippen LogP contribution >= 0.6 is 0 Å². The van der Waals surface area contributed by atoms with Crippen LogP contribution in [0.4, 0.5) is 0 Å². The Morgan fingerprint density at radius 3 is 1.92 bits per heavy atom. The van der Waals surface area contributed by atoms with Crippen molar-refractivity contribution >= 4 is 8.96 Å². The van der Waals surface area contributed by atoms with E-state index in [-0.39, 0.29) is 0 Å². The van der Waals surface area contributed by atoms with Crippen molar-refractivity contribution in [1.29, 1.82) is 0 Å². The van der Waals surface area contributed by atoms with E-state index >= 15 is 0 Å². The topological polar surface area (TPSA) is 3.24 Å². The number of hydrogen-bond acceptors (Lipinski definition) is 1. The van der Waals surface area contributed by atoms with Crippen molar-refractivity contribution in [2.45, 2.75) is 51.6 Å². The van der Waals surface area contributed by atoms with Gasteiger partial charge in [-0.3, -0.25) is 0 Å². The molecule has 0 aromatic carbocycles. The summed E-state index contributed by atoms with van der Waals surface area (Å²) in [7, 11) is 3.82. The second-order valence-corrected chi connectivity index (χ2v) is 9.36. The van der Waals surface area contributed by atoms with Gasteiger partial charge in [0.2, 0.25) is 0 Å². The van der Waals surface area contributed by atoms with Gasteiger partial charge in [-0.2, -0.15) is 0 Å². The smallest absolute Gasteiger partial charge is 0.116 e. The van der Waals surface area contributed by atoms with Crippen molar-refractivity contribution in [1.82, 2.24) is 4.57 Å². The molecule has 0 rings (SSSR count). The normalized spacial score (nSPS) is 15.2. The van der Waals surface area contributed by atoms with Crippen molar-refractivity contribution in [3.05, 3.63) is 0 Å². The third-order valence-electron chi connectivity index (χ3n) is 2.45. The number of hydrogen-bond donors (Lipinski definition) is 0. The van der Waals surface area contributed by atoms with Gasteiger partial charge in [-0.05, 0) is 25.2 Å². The Kier molecular flexibility index (Phi) is 5.10. The summed E-state index contributed by atoms with van der Waals surface area (Å²) in [5.41, 5.74) is 0. The molecule has 0 aliphatic carbocycles. The molecule has 1 atom stereocenters. The molecule has 0 aliphatic rings. The fourth-order valence-corrected chi connectivity index (χ4v) is 5.59. The lowest BCUT2D eigenvalue weighted by atomic mass is 10.2. The van der Waals surface area contributed by atoms with Crippen LogP contribution < -0.4 is 0 Å². The maximum Gasteiger partial charge on any atom is 0.116 e. The number of rotatable bonds is 4. The summed E-state index contributed by atoms with van der Waals surface area (Å²) in [5, 5.41) is 0.554. The van der Waals surface area contributed by atoms with Gasteiger partial charge in [0.15, 0.2) is 0 Å². The highest BCUT2D eigenvalue weighted by atomic mass is 28.3. The quantitative estimate of drug-likeness (QED) is 0.612. The maximum atomic E-state index is 2.50. The van der Waals surface area contributed by atoms with Gasteiger partial charge < -0.3 is 4.57 Å². The fraction of sp³-hybridized carbons (Fsp3) is 1.00. The molecule has 0 amide bonds. The molecule has 0 aromatic rings. The molecular weight excluding hydrogens is 162 g/mol. The minimum atomic E-state index is -0.680. The van der Waals surface area contributed by atoms with E-state index in [0.29, 0.717) is 5.04 Å². The van der Waals surface area contributed by atoms with Crippen LogP contribution in [0.3, 0.4) is 0 Å². The van der Waals surface area contributed by atoms with Crippen LogP contribution in [0.1, 0.15) is 40.5 Å². The lowest BCUT2D eigenvalue weighted by molar-refractivity contribution is 0.562. The molecule has 1 nitrogen and oxygen atoms in total. The van der Waals surface area contributed by atoms with Crippen molar-refractivity contribution in [3.8, 4) is 0 Å². The Hall–Kier alpha value is 0.177. The highest BCUT2D eigenvalue weighted by molar-refractivity contribution is 6.58. The van der Waals surface area contributed by atoms with Crippen LogP contribution in [0.15, 0.2) is 0 Å². The van der Waals surface area contributed by atoms with Gasteiger partial charge >= 0.3 is 0 Å². The molecule has 74 valence electrons. The highest BCUT2D eigenvalue weighted by Crippen LogP contribution is 2.31. The first-order valence-corrected chi connectivity index (χ1v) is 6.97. The second kappa shape index (κ2) is 5.03. The Morgan fingerprint density at radius 1 is 1.17 bits per heavy atom. The molecule has 0 bridgehead atoms. The molecular formula is C10H25NSi. The molecule has 0 fully saturated rings. The molecule has 0 spiro atoms. The van der Waals surface area contributed by atoms with E-state index in [2.05, 4.69) is 46.4 Å². The molecule has 0 saturated carbocycles. The first kappa shape index (κ1) is 12.2. The van der Waals surface area contributed by atoms with Gasteiger partial charge in [0.05, 0.1) is 0 Å². The molecule has 12 heavy (non-hydrogen) atoms. The Morgan fingerprint density at radius 2 is 1.67 bits per heavy atom. The Bertz CT molecular complexity index is 115. The van der Waals surface area contributed by atoms with Crippen LogP contribution in [0.2, 0.25) is 11.1 Å². The predicted octanol–water partition coefficient (Wildman–Crippen LogP) is 2.87. The van der Waals surface area contributed by atoms with E-state index in [1.165, 1.54) is 18.9 Å². The van der Waals surface area contributed by atoms with E-state index in [0.717, 1.165) is 0 Å². The van der Waals surface area contributed by atoms with Crippen molar-refractivity contribution in [2.75, 3.05) is 14.1 Å². The van der Waals surface area contributed by atoms with Gasteiger partial charge in [-0.1, -0.05) is 40.5 Å². The minimum Gasteiger partial charge on any atom is -0.331 e. The Balaban J connectivity index is 4.05. The van der Waals surface area contributed by atoms with Crippen LogP contribution in [-0.2, 0) is 0 Å². The monoisotopic (exact) mass is 187 g/mol. The molecule has 0 N–H and O–H groups in total.